The van der Waals surface area contributed by atoms with Gasteiger partial charge < -0.3 is 0 Å². The van der Waals surface area contributed by atoms with Crippen molar-refractivity contribution in [2.45, 2.75) is 0 Å². The van der Waals surface area contributed by atoms with E-state index in [1.54, 1.807) is 10.6 Å². The molecule has 0 saturated heterocycles. The highest BCUT2D eigenvalue weighted by Crippen LogP contribution is 2.07. The fourth-order valence-electron chi connectivity index (χ4n) is 0.822. The van der Waals surface area contributed by atoms with Crippen molar-refractivity contribution in [3.05, 3.63) is 29.6 Å². The van der Waals surface area contributed by atoms with Crippen LogP contribution in [0.5, 0.6) is 0 Å². The molecule has 0 atom stereocenters. The summed E-state index contributed by atoms with van der Waals surface area (Å²) in [4.78, 5) is 7.25. The number of halogens is 2. The molecule has 0 N–H and O–H groups in total. The normalized spacial score (nSPS) is 10.7. The molecule has 0 amide bonds. The van der Waals surface area contributed by atoms with Crippen molar-refractivity contribution in [1.82, 2.24) is 14.4 Å². The molecular formula is C6H3ClFN3. The van der Waals surface area contributed by atoms with E-state index in [4.69, 9.17) is 11.6 Å². The maximum atomic E-state index is 12.4. The second-order valence-corrected chi connectivity index (χ2v) is 2.41. The lowest BCUT2D eigenvalue weighted by Gasteiger charge is -1.88. The molecule has 0 aliphatic heterocycles. The average Bonchev–Trinajstić information content (AvgIpc) is 2.27. The Balaban J connectivity index is 2.82. The summed E-state index contributed by atoms with van der Waals surface area (Å²) >= 11 is 5.54. The maximum absolute atomic E-state index is 12.4. The molecule has 56 valence electrons. The molecule has 0 aliphatic rings. The molecule has 0 spiro atoms. The fourth-order valence-corrected chi connectivity index (χ4v) is 1.00. The predicted octanol–water partition coefficient (Wildman–Crippen LogP) is 1.52. The van der Waals surface area contributed by atoms with E-state index in [1.165, 1.54) is 12.3 Å². The van der Waals surface area contributed by atoms with Gasteiger partial charge in [0.05, 0.1) is 0 Å². The third-order valence-electron chi connectivity index (χ3n) is 1.26. The predicted molar refractivity (Wildman–Crippen MR) is 38.0 cm³/mol. The van der Waals surface area contributed by atoms with Gasteiger partial charge in [-0.05, 0) is 0 Å². The topological polar surface area (TPSA) is 30.2 Å². The standard InChI is InChI=1S/C6H3ClFN3/c7-4-3-11-2-1-5(8)10-6(11)9-4/h1-3H. The van der Waals surface area contributed by atoms with Crippen molar-refractivity contribution in [1.29, 1.82) is 0 Å². The summed E-state index contributed by atoms with van der Waals surface area (Å²) in [5, 5.41) is 0.308. The molecule has 0 bridgehead atoms. The summed E-state index contributed by atoms with van der Waals surface area (Å²) in [6, 6.07) is 1.24. The van der Waals surface area contributed by atoms with Gasteiger partial charge in [-0.2, -0.15) is 14.4 Å². The number of aromatic nitrogens is 3. The van der Waals surface area contributed by atoms with Crippen molar-refractivity contribution in [3.63, 3.8) is 0 Å². The fraction of sp³-hybridized carbons (Fsp3) is 0. The van der Waals surface area contributed by atoms with Gasteiger partial charge in [-0.25, -0.2) is 0 Å². The molecule has 0 saturated carbocycles. The lowest BCUT2D eigenvalue weighted by molar-refractivity contribution is 0.583. The van der Waals surface area contributed by atoms with E-state index in [2.05, 4.69) is 9.97 Å². The van der Waals surface area contributed by atoms with Crippen LogP contribution < -0.4 is 0 Å². The Morgan fingerprint density at radius 1 is 1.45 bits per heavy atom. The van der Waals surface area contributed by atoms with Crippen LogP contribution in [0.15, 0.2) is 18.5 Å². The van der Waals surface area contributed by atoms with Crippen LogP contribution in [0, 0.1) is 5.95 Å². The van der Waals surface area contributed by atoms with Crippen LogP contribution in [0.1, 0.15) is 0 Å². The van der Waals surface area contributed by atoms with Crippen molar-refractivity contribution in [2.24, 2.45) is 0 Å². The highest BCUT2D eigenvalue weighted by atomic mass is 35.5. The molecular weight excluding hydrogens is 169 g/mol. The molecule has 0 aromatic carbocycles. The summed E-state index contributed by atoms with van der Waals surface area (Å²) in [6.07, 6.45) is 3.07. The molecule has 3 nitrogen and oxygen atoms in total. The number of rotatable bonds is 0. The molecule has 2 heterocycles. The van der Waals surface area contributed by atoms with Crippen molar-refractivity contribution < 1.29 is 4.39 Å². The minimum Gasteiger partial charge on any atom is -0.289 e. The van der Waals surface area contributed by atoms with Crippen LogP contribution >= 0.6 is 11.6 Å². The first-order valence-electron chi connectivity index (χ1n) is 2.92. The van der Waals surface area contributed by atoms with Crippen LogP contribution in [0.2, 0.25) is 5.15 Å². The molecule has 11 heavy (non-hydrogen) atoms. The minimum atomic E-state index is -0.556. The Morgan fingerprint density at radius 2 is 2.27 bits per heavy atom. The molecule has 2 rings (SSSR count). The Kier molecular flexibility index (Phi) is 1.29. The zero-order chi connectivity index (χ0) is 7.84. The third kappa shape index (κ3) is 1.05. The summed E-state index contributed by atoms with van der Waals surface area (Å²) in [5.41, 5.74) is 0. The zero-order valence-electron chi connectivity index (χ0n) is 5.33. The second kappa shape index (κ2) is 2.17. The molecule has 0 radical (unpaired) electrons. The van der Waals surface area contributed by atoms with Crippen molar-refractivity contribution in [2.75, 3.05) is 0 Å². The van der Waals surface area contributed by atoms with Gasteiger partial charge in [-0.15, -0.1) is 0 Å². The second-order valence-electron chi connectivity index (χ2n) is 2.02. The summed E-state index contributed by atoms with van der Waals surface area (Å²) in [6.45, 7) is 0. The summed E-state index contributed by atoms with van der Waals surface area (Å²) in [7, 11) is 0. The van der Waals surface area contributed by atoms with Crippen molar-refractivity contribution >= 4 is 17.4 Å². The lowest BCUT2D eigenvalue weighted by atomic mass is 10.6. The van der Waals surface area contributed by atoms with Gasteiger partial charge in [0, 0.05) is 18.5 Å². The van der Waals surface area contributed by atoms with E-state index in [9.17, 15) is 4.39 Å². The first-order valence-corrected chi connectivity index (χ1v) is 3.30. The van der Waals surface area contributed by atoms with E-state index in [0.717, 1.165) is 0 Å². The van der Waals surface area contributed by atoms with E-state index in [-0.39, 0.29) is 5.78 Å². The Bertz CT molecular complexity index is 398. The quantitative estimate of drug-likeness (QED) is 0.563. The van der Waals surface area contributed by atoms with Crippen LogP contribution in [-0.4, -0.2) is 14.4 Å². The van der Waals surface area contributed by atoms with Gasteiger partial charge >= 0.3 is 0 Å². The Hall–Kier alpha value is -1.16. The van der Waals surface area contributed by atoms with E-state index in [1.807, 2.05) is 0 Å². The highest BCUT2D eigenvalue weighted by molar-refractivity contribution is 6.29. The van der Waals surface area contributed by atoms with Gasteiger partial charge in [0.15, 0.2) is 0 Å². The molecule has 0 aliphatic carbocycles. The highest BCUT2D eigenvalue weighted by Gasteiger charge is 1.99. The van der Waals surface area contributed by atoms with Gasteiger partial charge in [-0.3, -0.25) is 4.40 Å². The van der Waals surface area contributed by atoms with Gasteiger partial charge in [0.2, 0.25) is 11.7 Å². The van der Waals surface area contributed by atoms with E-state index in [0.29, 0.717) is 5.15 Å². The number of fused-ring (bicyclic) bond motifs is 1. The largest absolute Gasteiger partial charge is 0.289 e. The van der Waals surface area contributed by atoms with Crippen LogP contribution in [0.3, 0.4) is 0 Å². The summed E-state index contributed by atoms with van der Waals surface area (Å²) < 4.78 is 14.0. The third-order valence-corrected chi connectivity index (χ3v) is 1.44. The number of hydrogen-bond acceptors (Lipinski definition) is 2. The van der Waals surface area contributed by atoms with Gasteiger partial charge in [-0.1, -0.05) is 11.6 Å². The van der Waals surface area contributed by atoms with Crippen molar-refractivity contribution in [3.8, 4) is 0 Å². The maximum Gasteiger partial charge on any atom is 0.237 e. The van der Waals surface area contributed by atoms with Crippen LogP contribution in [0.25, 0.3) is 5.78 Å². The summed E-state index contributed by atoms with van der Waals surface area (Å²) in [5.74, 6) is -0.283. The van der Waals surface area contributed by atoms with E-state index >= 15 is 0 Å². The number of hydrogen-bond donors (Lipinski definition) is 0. The van der Waals surface area contributed by atoms with E-state index < -0.39 is 5.95 Å². The van der Waals surface area contributed by atoms with Gasteiger partial charge in [0.25, 0.3) is 0 Å². The zero-order valence-corrected chi connectivity index (χ0v) is 6.09. The SMILES string of the molecule is Fc1ccn2cc(Cl)nc2n1. The molecule has 2 aromatic heterocycles. The average molecular weight is 172 g/mol. The Morgan fingerprint density at radius 3 is 3.09 bits per heavy atom. The Labute approximate surface area is 66.5 Å². The monoisotopic (exact) mass is 171 g/mol. The number of nitrogens with zero attached hydrogens (tertiary/aromatic N) is 3. The molecule has 0 unspecified atom stereocenters. The van der Waals surface area contributed by atoms with Gasteiger partial charge in [0.1, 0.15) is 5.15 Å². The first-order chi connectivity index (χ1) is 5.25. The first kappa shape index (κ1) is 6.54. The molecule has 2 aromatic rings. The number of imidazole rings is 1. The minimum absolute atomic E-state index is 0.273. The lowest BCUT2D eigenvalue weighted by Crippen LogP contribution is -1.89. The van der Waals surface area contributed by atoms with Crippen LogP contribution in [-0.2, 0) is 0 Å². The smallest absolute Gasteiger partial charge is 0.237 e. The molecule has 0 fully saturated rings. The van der Waals surface area contributed by atoms with Crippen LogP contribution in [0.4, 0.5) is 4.39 Å². The molecule has 5 heteroatoms.